The van der Waals surface area contributed by atoms with Crippen LogP contribution in [0.2, 0.25) is 0 Å². The smallest absolute Gasteiger partial charge is 0.309 e. The molecule has 0 aliphatic rings. The van der Waals surface area contributed by atoms with Crippen LogP contribution in [-0.2, 0) is 38.0 Å². The average molecular weight is 512 g/mol. The van der Waals surface area contributed by atoms with Crippen LogP contribution in [0.3, 0.4) is 0 Å². The summed E-state index contributed by atoms with van der Waals surface area (Å²) in [6.45, 7) is 10.6. The van der Waals surface area contributed by atoms with Gasteiger partial charge >= 0.3 is 5.97 Å². The van der Waals surface area contributed by atoms with E-state index in [2.05, 4.69) is 47.7 Å². The number of esters is 1. The van der Waals surface area contributed by atoms with Crippen molar-refractivity contribution in [2.75, 3.05) is 84.1 Å². The molecule has 1 aromatic rings. The molecule has 206 valence electrons. The van der Waals surface area contributed by atoms with Crippen molar-refractivity contribution in [3.63, 3.8) is 0 Å². The highest BCUT2D eigenvalue weighted by Gasteiger charge is 2.07. The molecule has 0 saturated heterocycles. The molecule has 0 radical (unpaired) electrons. The van der Waals surface area contributed by atoms with Crippen molar-refractivity contribution in [2.24, 2.45) is 0 Å². The van der Waals surface area contributed by atoms with Crippen molar-refractivity contribution in [1.82, 2.24) is 0 Å². The maximum atomic E-state index is 11.3. The molecule has 0 bridgehead atoms. The van der Waals surface area contributed by atoms with Gasteiger partial charge in [0.1, 0.15) is 13.2 Å². The van der Waals surface area contributed by atoms with Gasteiger partial charge in [-0.1, -0.05) is 38.3 Å². The molecule has 1 rings (SSSR count). The summed E-state index contributed by atoms with van der Waals surface area (Å²) in [6, 6.07) is 8.64. The Morgan fingerprint density at radius 1 is 0.806 bits per heavy atom. The number of benzene rings is 1. The number of anilines is 1. The minimum absolute atomic E-state index is 0.0248. The minimum Gasteiger partial charge on any atom is -0.467 e. The molecule has 9 heteroatoms. The zero-order valence-electron chi connectivity index (χ0n) is 22.1. The Morgan fingerprint density at radius 2 is 1.44 bits per heavy atom. The van der Waals surface area contributed by atoms with Crippen LogP contribution in [0.1, 0.15) is 44.6 Å². The monoisotopic (exact) mass is 511 g/mol. The Balaban J connectivity index is 1.96. The Kier molecular flexibility index (Phi) is 20.5. The van der Waals surface area contributed by atoms with Gasteiger partial charge in [0.15, 0.2) is 0 Å². The summed E-state index contributed by atoms with van der Waals surface area (Å²) in [5.74, 6) is -0.427. The molecule has 0 saturated carbocycles. The average Bonchev–Trinajstić information content (AvgIpc) is 2.87. The molecule has 0 spiro atoms. The van der Waals surface area contributed by atoms with E-state index in [1.54, 1.807) is 0 Å². The number of rotatable bonds is 25. The van der Waals surface area contributed by atoms with Crippen LogP contribution in [0.5, 0.6) is 0 Å². The van der Waals surface area contributed by atoms with Crippen LogP contribution in [-0.4, -0.2) is 91.6 Å². The molecule has 0 aliphatic carbocycles. The standard InChI is InChI=1S/C27H45NO8/c1-3-4-5-6-11-28(26-9-7-8-25(2)23-26)12-14-31-15-16-32-17-18-33-19-20-34-21-22-36-27(30)10-13-35-24-29/h7-9,23-24H,3-6,10-22H2,1-2H3. The lowest BCUT2D eigenvalue weighted by Crippen LogP contribution is -2.29. The van der Waals surface area contributed by atoms with E-state index in [9.17, 15) is 9.59 Å². The first-order chi connectivity index (χ1) is 17.7. The van der Waals surface area contributed by atoms with E-state index in [-0.39, 0.29) is 26.2 Å². The van der Waals surface area contributed by atoms with Gasteiger partial charge in [-0.25, -0.2) is 0 Å². The summed E-state index contributed by atoms with van der Waals surface area (Å²) < 4.78 is 31.4. The minimum atomic E-state index is -0.427. The summed E-state index contributed by atoms with van der Waals surface area (Å²) >= 11 is 0. The van der Waals surface area contributed by atoms with Gasteiger partial charge in [-0.15, -0.1) is 0 Å². The van der Waals surface area contributed by atoms with Crippen LogP contribution >= 0.6 is 0 Å². The summed E-state index contributed by atoms with van der Waals surface area (Å²) in [4.78, 5) is 23.7. The van der Waals surface area contributed by atoms with Crippen molar-refractivity contribution in [1.29, 1.82) is 0 Å². The summed E-state index contributed by atoms with van der Waals surface area (Å²) in [7, 11) is 0. The Hall–Kier alpha value is -2.20. The second-order valence-electron chi connectivity index (χ2n) is 8.27. The van der Waals surface area contributed by atoms with E-state index < -0.39 is 5.97 Å². The quantitative estimate of drug-likeness (QED) is 0.111. The fourth-order valence-electron chi connectivity index (χ4n) is 3.34. The number of carbonyl (C=O) groups is 2. The fraction of sp³-hybridized carbons (Fsp3) is 0.704. The molecule has 0 amide bonds. The first kappa shape index (κ1) is 31.8. The van der Waals surface area contributed by atoms with Crippen LogP contribution in [0.25, 0.3) is 0 Å². The SMILES string of the molecule is CCCCCCN(CCOCCOCCOCCOCCOC(=O)CCOC=O)c1cccc(C)c1. The van der Waals surface area contributed by atoms with Crippen LogP contribution in [0, 0.1) is 6.92 Å². The van der Waals surface area contributed by atoms with E-state index in [4.69, 9.17) is 23.7 Å². The van der Waals surface area contributed by atoms with Gasteiger partial charge in [-0.2, -0.15) is 0 Å². The molecule has 0 aliphatic heterocycles. The third kappa shape index (κ3) is 18.1. The maximum Gasteiger partial charge on any atom is 0.309 e. The Labute approximate surface area is 216 Å². The Morgan fingerprint density at radius 3 is 2.06 bits per heavy atom. The van der Waals surface area contributed by atoms with Gasteiger partial charge in [-0.3, -0.25) is 9.59 Å². The largest absolute Gasteiger partial charge is 0.467 e. The highest BCUT2D eigenvalue weighted by molar-refractivity contribution is 5.69. The summed E-state index contributed by atoms with van der Waals surface area (Å²) in [5, 5.41) is 0. The molecular weight excluding hydrogens is 466 g/mol. The lowest BCUT2D eigenvalue weighted by Gasteiger charge is -2.25. The number of nitrogens with zero attached hydrogens (tertiary/aromatic N) is 1. The van der Waals surface area contributed by atoms with Gasteiger partial charge in [-0.05, 0) is 31.0 Å². The molecular formula is C27H45NO8. The topological polar surface area (TPSA) is 92.8 Å². The number of ether oxygens (including phenoxy) is 6. The number of aryl methyl sites for hydroxylation is 1. The highest BCUT2D eigenvalue weighted by Crippen LogP contribution is 2.17. The summed E-state index contributed by atoms with van der Waals surface area (Å²) in [5.41, 5.74) is 2.53. The van der Waals surface area contributed by atoms with Gasteiger partial charge in [0, 0.05) is 18.8 Å². The molecule has 0 fully saturated rings. The molecule has 0 heterocycles. The van der Waals surface area contributed by atoms with E-state index in [1.807, 2.05) is 0 Å². The first-order valence-electron chi connectivity index (χ1n) is 13.0. The van der Waals surface area contributed by atoms with E-state index in [0.717, 1.165) is 13.1 Å². The normalized spacial score (nSPS) is 10.8. The lowest BCUT2D eigenvalue weighted by molar-refractivity contribution is -0.147. The van der Waals surface area contributed by atoms with E-state index in [0.29, 0.717) is 52.7 Å². The first-order valence-corrected chi connectivity index (χ1v) is 13.0. The van der Waals surface area contributed by atoms with Gasteiger partial charge < -0.3 is 33.3 Å². The van der Waals surface area contributed by atoms with Crippen molar-refractivity contribution < 1.29 is 38.0 Å². The molecule has 0 unspecified atom stereocenters. The van der Waals surface area contributed by atoms with Crippen molar-refractivity contribution in [3.8, 4) is 0 Å². The third-order valence-corrected chi connectivity index (χ3v) is 5.25. The number of hydrogen-bond donors (Lipinski definition) is 0. The highest BCUT2D eigenvalue weighted by atomic mass is 16.6. The second kappa shape index (κ2) is 23.2. The van der Waals surface area contributed by atoms with Crippen molar-refractivity contribution in [3.05, 3.63) is 29.8 Å². The number of carbonyl (C=O) groups excluding carboxylic acids is 2. The van der Waals surface area contributed by atoms with Gasteiger partial charge in [0.05, 0.1) is 59.3 Å². The van der Waals surface area contributed by atoms with E-state index >= 15 is 0 Å². The zero-order valence-corrected chi connectivity index (χ0v) is 22.1. The van der Waals surface area contributed by atoms with E-state index in [1.165, 1.54) is 36.9 Å². The molecule has 0 atom stereocenters. The molecule has 9 nitrogen and oxygen atoms in total. The summed E-state index contributed by atoms with van der Waals surface area (Å²) in [6.07, 6.45) is 5.02. The molecule has 36 heavy (non-hydrogen) atoms. The third-order valence-electron chi connectivity index (χ3n) is 5.25. The van der Waals surface area contributed by atoms with Crippen LogP contribution < -0.4 is 4.90 Å². The predicted molar refractivity (Wildman–Crippen MR) is 138 cm³/mol. The van der Waals surface area contributed by atoms with Crippen molar-refractivity contribution >= 4 is 18.1 Å². The molecule has 0 aromatic heterocycles. The number of unbranched alkanes of at least 4 members (excludes halogenated alkanes) is 3. The maximum absolute atomic E-state index is 11.3. The Bertz CT molecular complexity index is 673. The van der Waals surface area contributed by atoms with Crippen molar-refractivity contribution in [2.45, 2.75) is 46.0 Å². The van der Waals surface area contributed by atoms with Gasteiger partial charge in [0.2, 0.25) is 0 Å². The fourth-order valence-corrected chi connectivity index (χ4v) is 3.34. The van der Waals surface area contributed by atoms with Gasteiger partial charge in [0.25, 0.3) is 6.47 Å². The molecule has 0 N–H and O–H groups in total. The second-order valence-corrected chi connectivity index (χ2v) is 8.27. The predicted octanol–water partition coefficient (Wildman–Crippen LogP) is 3.55. The molecule has 1 aromatic carbocycles. The lowest BCUT2D eigenvalue weighted by atomic mass is 10.1. The zero-order chi connectivity index (χ0) is 26.1. The number of hydrogen-bond acceptors (Lipinski definition) is 9. The van der Waals surface area contributed by atoms with Crippen LogP contribution in [0.4, 0.5) is 5.69 Å². The van der Waals surface area contributed by atoms with Crippen LogP contribution in [0.15, 0.2) is 24.3 Å².